The second-order valence-corrected chi connectivity index (χ2v) is 8.86. The van der Waals surface area contributed by atoms with Crippen molar-refractivity contribution in [3.05, 3.63) is 29.6 Å². The van der Waals surface area contributed by atoms with Crippen LogP contribution in [0.4, 0.5) is 13.2 Å². The molecule has 2 saturated heterocycles. The van der Waals surface area contributed by atoms with E-state index in [-0.39, 0.29) is 5.41 Å². The minimum Gasteiger partial charge on any atom is -0.302 e. The smallest absolute Gasteiger partial charge is 0.302 e. The molecule has 23 heavy (non-hydrogen) atoms. The molecule has 128 valence electrons. The van der Waals surface area contributed by atoms with Gasteiger partial charge in [0.15, 0.2) is 0 Å². The predicted molar refractivity (Wildman–Crippen MR) is 87.5 cm³/mol. The van der Waals surface area contributed by atoms with E-state index in [0.717, 1.165) is 25.8 Å². The second-order valence-electron chi connectivity index (χ2n) is 7.87. The van der Waals surface area contributed by atoms with Gasteiger partial charge in [-0.05, 0) is 36.4 Å². The first-order valence-electron chi connectivity index (χ1n) is 7.99. The SMILES string of the molecule is CC(C)(Cc1cncc(C(F)(F)F)c1)CN1CCC2(CSC2)C1. The summed E-state index contributed by atoms with van der Waals surface area (Å²) in [5.41, 5.74) is 0.475. The van der Waals surface area contributed by atoms with Gasteiger partial charge in [0.1, 0.15) is 0 Å². The summed E-state index contributed by atoms with van der Waals surface area (Å²) in [4.78, 5) is 6.26. The molecule has 1 aromatic rings. The number of aromatic nitrogens is 1. The van der Waals surface area contributed by atoms with Gasteiger partial charge in [-0.3, -0.25) is 4.98 Å². The zero-order valence-electron chi connectivity index (χ0n) is 13.6. The molecule has 0 radical (unpaired) electrons. The Kier molecular flexibility index (Phi) is 4.42. The molecule has 3 rings (SSSR count). The highest BCUT2D eigenvalue weighted by molar-refractivity contribution is 8.00. The van der Waals surface area contributed by atoms with Crippen molar-refractivity contribution in [2.24, 2.45) is 10.8 Å². The van der Waals surface area contributed by atoms with E-state index in [1.165, 1.54) is 24.0 Å². The maximum atomic E-state index is 12.8. The van der Waals surface area contributed by atoms with E-state index in [9.17, 15) is 13.2 Å². The molecule has 0 aliphatic carbocycles. The molecule has 3 heterocycles. The molecule has 2 aliphatic heterocycles. The van der Waals surface area contributed by atoms with Gasteiger partial charge in [0.05, 0.1) is 5.56 Å². The summed E-state index contributed by atoms with van der Waals surface area (Å²) >= 11 is 2.02. The van der Waals surface area contributed by atoms with Crippen LogP contribution in [0.2, 0.25) is 0 Å². The average molecular weight is 344 g/mol. The van der Waals surface area contributed by atoms with Crippen molar-refractivity contribution in [1.29, 1.82) is 0 Å². The van der Waals surface area contributed by atoms with Crippen LogP contribution >= 0.6 is 11.8 Å². The molecule has 1 spiro atoms. The first-order chi connectivity index (χ1) is 10.7. The van der Waals surface area contributed by atoms with Gasteiger partial charge in [-0.15, -0.1) is 0 Å². The van der Waals surface area contributed by atoms with E-state index in [4.69, 9.17) is 0 Å². The molecule has 0 aromatic carbocycles. The summed E-state index contributed by atoms with van der Waals surface area (Å²) in [5.74, 6) is 2.53. The van der Waals surface area contributed by atoms with Crippen LogP contribution in [0.25, 0.3) is 0 Å². The van der Waals surface area contributed by atoms with Crippen LogP contribution in [0.3, 0.4) is 0 Å². The lowest BCUT2D eigenvalue weighted by molar-refractivity contribution is -0.137. The number of pyridine rings is 1. The van der Waals surface area contributed by atoms with E-state index < -0.39 is 11.7 Å². The molecule has 0 atom stereocenters. The van der Waals surface area contributed by atoms with Crippen molar-refractivity contribution >= 4 is 11.8 Å². The van der Waals surface area contributed by atoms with E-state index in [1.807, 2.05) is 11.8 Å². The third kappa shape index (κ3) is 4.02. The lowest BCUT2D eigenvalue weighted by atomic mass is 9.85. The minimum atomic E-state index is -4.32. The summed E-state index contributed by atoms with van der Waals surface area (Å²) in [5, 5.41) is 0. The first kappa shape index (κ1) is 17.1. The Balaban J connectivity index is 1.62. The van der Waals surface area contributed by atoms with Crippen LogP contribution in [-0.4, -0.2) is 41.0 Å². The Labute approximate surface area is 139 Å². The van der Waals surface area contributed by atoms with Crippen molar-refractivity contribution in [1.82, 2.24) is 9.88 Å². The molecule has 0 amide bonds. The number of rotatable bonds is 4. The Bertz CT molecular complexity index is 567. The highest BCUT2D eigenvalue weighted by Crippen LogP contribution is 2.45. The van der Waals surface area contributed by atoms with Crippen LogP contribution in [0.15, 0.2) is 18.5 Å². The molecule has 0 unspecified atom stereocenters. The van der Waals surface area contributed by atoms with Gasteiger partial charge in [0.25, 0.3) is 0 Å². The van der Waals surface area contributed by atoms with Crippen LogP contribution in [-0.2, 0) is 12.6 Å². The number of likely N-dealkylation sites (tertiary alicyclic amines) is 1. The van der Waals surface area contributed by atoms with E-state index in [2.05, 4.69) is 23.7 Å². The number of hydrogen-bond donors (Lipinski definition) is 0. The van der Waals surface area contributed by atoms with Gasteiger partial charge in [-0.25, -0.2) is 0 Å². The van der Waals surface area contributed by atoms with Crippen LogP contribution in [0, 0.1) is 10.8 Å². The summed E-state index contributed by atoms with van der Waals surface area (Å²) in [7, 11) is 0. The number of hydrogen-bond acceptors (Lipinski definition) is 3. The standard InChI is InChI=1S/C17H23F3N2S/c1-15(2,9-22-4-3-16(10-22)11-23-12-16)6-13-5-14(8-21-7-13)17(18,19)20/h5,7-8H,3-4,6,9-12H2,1-2H3. The maximum Gasteiger partial charge on any atom is 0.417 e. The highest BCUT2D eigenvalue weighted by Gasteiger charge is 2.44. The molecular weight excluding hydrogens is 321 g/mol. The quantitative estimate of drug-likeness (QED) is 0.818. The van der Waals surface area contributed by atoms with Gasteiger partial charge in [0, 0.05) is 42.4 Å². The second kappa shape index (κ2) is 5.96. The topological polar surface area (TPSA) is 16.1 Å². The molecule has 2 aliphatic rings. The van der Waals surface area contributed by atoms with Gasteiger partial charge >= 0.3 is 6.18 Å². The van der Waals surface area contributed by atoms with Crippen LogP contribution in [0.5, 0.6) is 0 Å². The van der Waals surface area contributed by atoms with E-state index in [1.54, 1.807) is 6.20 Å². The molecule has 6 heteroatoms. The largest absolute Gasteiger partial charge is 0.417 e. The third-order valence-corrected chi connectivity index (χ3v) is 6.42. The Morgan fingerprint density at radius 1 is 1.26 bits per heavy atom. The number of thioether (sulfide) groups is 1. The molecule has 2 fully saturated rings. The Hall–Kier alpha value is -0.750. The highest BCUT2D eigenvalue weighted by atomic mass is 32.2. The number of halogens is 3. The van der Waals surface area contributed by atoms with Gasteiger partial charge in [0.2, 0.25) is 0 Å². The van der Waals surface area contributed by atoms with Crippen LogP contribution < -0.4 is 0 Å². The molecule has 0 saturated carbocycles. The molecular formula is C17H23F3N2S. The van der Waals surface area contributed by atoms with Gasteiger partial charge < -0.3 is 4.90 Å². The zero-order valence-corrected chi connectivity index (χ0v) is 14.4. The fourth-order valence-electron chi connectivity index (χ4n) is 3.74. The molecule has 0 bridgehead atoms. The van der Waals surface area contributed by atoms with Crippen molar-refractivity contribution in [2.75, 3.05) is 31.1 Å². The van der Waals surface area contributed by atoms with E-state index in [0.29, 0.717) is 17.4 Å². The summed E-state index contributed by atoms with van der Waals surface area (Å²) < 4.78 is 38.4. The monoisotopic (exact) mass is 344 g/mol. The molecule has 1 aromatic heterocycles. The maximum absolute atomic E-state index is 12.8. The average Bonchev–Trinajstić information content (AvgIpc) is 2.81. The fourth-order valence-corrected chi connectivity index (χ4v) is 4.99. The lowest BCUT2D eigenvalue weighted by Crippen LogP contribution is -2.41. The van der Waals surface area contributed by atoms with Crippen molar-refractivity contribution in [3.63, 3.8) is 0 Å². The fraction of sp³-hybridized carbons (Fsp3) is 0.706. The van der Waals surface area contributed by atoms with Crippen molar-refractivity contribution in [2.45, 2.75) is 32.9 Å². The predicted octanol–water partition coefficient (Wildman–Crippen LogP) is 4.11. The number of alkyl halides is 3. The normalized spacial score (nSPS) is 21.6. The first-order valence-corrected chi connectivity index (χ1v) is 9.14. The Morgan fingerprint density at radius 2 is 2.00 bits per heavy atom. The number of nitrogens with zero attached hydrogens (tertiary/aromatic N) is 2. The summed E-state index contributed by atoms with van der Waals surface area (Å²) in [6, 6.07) is 1.24. The van der Waals surface area contributed by atoms with Crippen molar-refractivity contribution in [3.8, 4) is 0 Å². The minimum absolute atomic E-state index is 0.0612. The molecule has 2 nitrogen and oxygen atoms in total. The van der Waals surface area contributed by atoms with Crippen molar-refractivity contribution < 1.29 is 13.2 Å². The van der Waals surface area contributed by atoms with Gasteiger partial charge in [-0.2, -0.15) is 24.9 Å². The molecule has 0 N–H and O–H groups in total. The van der Waals surface area contributed by atoms with Crippen LogP contribution in [0.1, 0.15) is 31.4 Å². The third-order valence-electron chi connectivity index (χ3n) is 4.79. The van der Waals surface area contributed by atoms with E-state index >= 15 is 0 Å². The Morgan fingerprint density at radius 3 is 2.57 bits per heavy atom. The summed E-state index contributed by atoms with van der Waals surface area (Å²) in [6.45, 7) is 7.45. The zero-order chi connectivity index (χ0) is 16.7. The summed E-state index contributed by atoms with van der Waals surface area (Å²) in [6.07, 6.45) is 0.0137. The van der Waals surface area contributed by atoms with Gasteiger partial charge in [-0.1, -0.05) is 13.8 Å². The lowest BCUT2D eigenvalue weighted by Gasteiger charge is -2.38.